The zero-order valence-electron chi connectivity index (χ0n) is 10.1. The third-order valence-electron chi connectivity index (χ3n) is 2.55. The van der Waals surface area contributed by atoms with Crippen molar-refractivity contribution in [3.05, 3.63) is 35.9 Å². The van der Waals surface area contributed by atoms with E-state index in [1.165, 1.54) is 5.56 Å². The molecule has 1 aromatic rings. The molecule has 2 nitrogen and oxygen atoms in total. The Morgan fingerprint density at radius 3 is 2.62 bits per heavy atom. The molecule has 0 amide bonds. The van der Waals surface area contributed by atoms with E-state index in [-0.39, 0.29) is 6.10 Å². The van der Waals surface area contributed by atoms with E-state index in [4.69, 9.17) is 4.74 Å². The molecule has 0 spiro atoms. The Morgan fingerprint density at radius 1 is 1.19 bits per heavy atom. The van der Waals surface area contributed by atoms with E-state index >= 15 is 0 Å². The lowest BCUT2D eigenvalue weighted by molar-refractivity contribution is 0.0807. The highest BCUT2D eigenvalue weighted by Crippen LogP contribution is 2.05. The molecule has 0 aromatic heterocycles. The number of hydrogen-bond acceptors (Lipinski definition) is 2. The average Bonchev–Trinajstić information content (AvgIpc) is 2.30. The lowest BCUT2D eigenvalue weighted by atomic mass is 10.1. The van der Waals surface area contributed by atoms with Gasteiger partial charge >= 0.3 is 0 Å². The molecule has 0 radical (unpaired) electrons. The molecule has 0 fully saturated rings. The lowest BCUT2D eigenvalue weighted by Gasteiger charge is -2.10. The summed E-state index contributed by atoms with van der Waals surface area (Å²) in [5.74, 6) is 0. The Labute approximate surface area is 98.3 Å². The van der Waals surface area contributed by atoms with E-state index in [9.17, 15) is 5.11 Å². The third kappa shape index (κ3) is 5.89. The topological polar surface area (TPSA) is 29.5 Å². The van der Waals surface area contributed by atoms with E-state index in [1.807, 2.05) is 30.3 Å². The van der Waals surface area contributed by atoms with E-state index in [1.54, 1.807) is 0 Å². The lowest BCUT2D eigenvalue weighted by Crippen LogP contribution is -2.13. The fourth-order valence-electron chi connectivity index (χ4n) is 1.56. The van der Waals surface area contributed by atoms with Crippen LogP contribution in [0, 0.1) is 0 Å². The van der Waals surface area contributed by atoms with E-state index < -0.39 is 0 Å². The van der Waals surface area contributed by atoms with Gasteiger partial charge in [0.2, 0.25) is 0 Å². The molecule has 0 bridgehead atoms. The first-order chi connectivity index (χ1) is 7.83. The Kier molecular flexibility index (Phi) is 6.86. The Bertz CT molecular complexity index is 259. The number of aliphatic hydroxyl groups excluding tert-OH is 1. The number of unbranched alkanes of at least 4 members (excludes halogenated alkanes) is 1. The van der Waals surface area contributed by atoms with E-state index in [0.717, 1.165) is 32.3 Å². The zero-order chi connectivity index (χ0) is 11.6. The van der Waals surface area contributed by atoms with Crippen LogP contribution in [0.15, 0.2) is 30.3 Å². The van der Waals surface area contributed by atoms with Gasteiger partial charge in [-0.3, -0.25) is 0 Å². The molecule has 0 saturated carbocycles. The van der Waals surface area contributed by atoms with Crippen LogP contribution in [0.25, 0.3) is 0 Å². The summed E-state index contributed by atoms with van der Waals surface area (Å²) in [5.41, 5.74) is 1.18. The van der Waals surface area contributed by atoms with Crippen LogP contribution in [0.3, 0.4) is 0 Å². The summed E-state index contributed by atoms with van der Waals surface area (Å²) in [4.78, 5) is 0. The number of benzene rings is 1. The Hall–Kier alpha value is -0.860. The monoisotopic (exact) mass is 222 g/mol. The number of ether oxygens (including phenoxy) is 1. The average molecular weight is 222 g/mol. The van der Waals surface area contributed by atoms with Crippen LogP contribution in [-0.4, -0.2) is 24.4 Å². The van der Waals surface area contributed by atoms with Gasteiger partial charge in [-0.2, -0.15) is 0 Å². The highest BCUT2D eigenvalue weighted by Gasteiger charge is 2.04. The molecule has 16 heavy (non-hydrogen) atoms. The van der Waals surface area contributed by atoms with Crippen molar-refractivity contribution in [1.29, 1.82) is 0 Å². The molecule has 0 aliphatic heterocycles. The van der Waals surface area contributed by atoms with Gasteiger partial charge in [-0.15, -0.1) is 0 Å². The van der Waals surface area contributed by atoms with Crippen LogP contribution in [0.2, 0.25) is 0 Å². The van der Waals surface area contributed by atoms with Crippen LogP contribution in [0.4, 0.5) is 0 Å². The van der Waals surface area contributed by atoms with Gasteiger partial charge in [0.1, 0.15) is 0 Å². The first-order valence-corrected chi connectivity index (χ1v) is 6.12. The second-order valence-electron chi connectivity index (χ2n) is 4.10. The van der Waals surface area contributed by atoms with Crippen molar-refractivity contribution in [3.8, 4) is 0 Å². The summed E-state index contributed by atoms with van der Waals surface area (Å²) in [5, 5.41) is 9.78. The van der Waals surface area contributed by atoms with Gasteiger partial charge in [0.05, 0.1) is 6.10 Å². The molecule has 0 aliphatic carbocycles. The highest BCUT2D eigenvalue weighted by atomic mass is 16.5. The van der Waals surface area contributed by atoms with Gasteiger partial charge in [-0.25, -0.2) is 0 Å². The molecule has 1 atom stereocenters. The predicted octanol–water partition coefficient (Wildman–Crippen LogP) is 2.80. The quantitative estimate of drug-likeness (QED) is 0.685. The maximum absolute atomic E-state index is 9.78. The van der Waals surface area contributed by atoms with Gasteiger partial charge in [0.15, 0.2) is 0 Å². The molecule has 1 aromatic carbocycles. The van der Waals surface area contributed by atoms with Crippen LogP contribution in [0.5, 0.6) is 0 Å². The molecular weight excluding hydrogens is 200 g/mol. The smallest absolute Gasteiger partial charge is 0.0602 e. The van der Waals surface area contributed by atoms with Crippen LogP contribution >= 0.6 is 0 Å². The summed E-state index contributed by atoms with van der Waals surface area (Å²) in [6.07, 6.45) is 3.42. The van der Waals surface area contributed by atoms with Crippen molar-refractivity contribution in [2.75, 3.05) is 13.2 Å². The van der Waals surface area contributed by atoms with Crippen molar-refractivity contribution in [1.82, 2.24) is 0 Å². The van der Waals surface area contributed by atoms with E-state index in [2.05, 4.69) is 6.92 Å². The second kappa shape index (κ2) is 8.31. The minimum atomic E-state index is -0.288. The number of hydrogen-bond donors (Lipinski definition) is 1. The van der Waals surface area contributed by atoms with Crippen molar-refractivity contribution in [2.45, 2.75) is 38.7 Å². The number of rotatable bonds is 8. The predicted molar refractivity (Wildman–Crippen MR) is 66.5 cm³/mol. The summed E-state index contributed by atoms with van der Waals surface area (Å²) < 4.78 is 5.42. The van der Waals surface area contributed by atoms with Gasteiger partial charge in [0, 0.05) is 13.2 Å². The summed E-state index contributed by atoms with van der Waals surface area (Å²) in [6, 6.07) is 10.1. The fourth-order valence-corrected chi connectivity index (χ4v) is 1.56. The first-order valence-electron chi connectivity index (χ1n) is 6.12. The Balaban J connectivity index is 2.09. The van der Waals surface area contributed by atoms with Gasteiger partial charge < -0.3 is 9.84 Å². The standard InChI is InChI=1S/C14H22O2/c1-2-3-10-16-11-9-14(15)12-13-7-5-4-6-8-13/h4-8,14-15H,2-3,9-12H2,1H3. The minimum Gasteiger partial charge on any atom is -0.393 e. The SMILES string of the molecule is CCCCOCCC(O)Cc1ccccc1. The summed E-state index contributed by atoms with van der Waals surface area (Å²) in [7, 11) is 0. The maximum Gasteiger partial charge on any atom is 0.0602 e. The van der Waals surface area contributed by atoms with Crippen molar-refractivity contribution in [2.24, 2.45) is 0 Å². The molecule has 0 aliphatic rings. The summed E-state index contributed by atoms with van der Waals surface area (Å²) >= 11 is 0. The molecule has 90 valence electrons. The second-order valence-corrected chi connectivity index (χ2v) is 4.10. The first kappa shape index (κ1) is 13.2. The molecule has 1 rings (SSSR count). The molecule has 0 saturated heterocycles. The van der Waals surface area contributed by atoms with Crippen LogP contribution in [0.1, 0.15) is 31.7 Å². The fraction of sp³-hybridized carbons (Fsp3) is 0.571. The van der Waals surface area contributed by atoms with Crippen molar-refractivity contribution >= 4 is 0 Å². The van der Waals surface area contributed by atoms with Gasteiger partial charge in [0.25, 0.3) is 0 Å². The van der Waals surface area contributed by atoms with Crippen molar-refractivity contribution in [3.63, 3.8) is 0 Å². The largest absolute Gasteiger partial charge is 0.393 e. The third-order valence-corrected chi connectivity index (χ3v) is 2.55. The number of aliphatic hydroxyl groups is 1. The zero-order valence-corrected chi connectivity index (χ0v) is 10.1. The molecular formula is C14H22O2. The minimum absolute atomic E-state index is 0.288. The van der Waals surface area contributed by atoms with Crippen LogP contribution in [-0.2, 0) is 11.2 Å². The molecule has 0 heterocycles. The van der Waals surface area contributed by atoms with Gasteiger partial charge in [-0.05, 0) is 24.8 Å². The Morgan fingerprint density at radius 2 is 1.94 bits per heavy atom. The van der Waals surface area contributed by atoms with Gasteiger partial charge in [-0.1, -0.05) is 43.7 Å². The maximum atomic E-state index is 9.78. The normalized spacial score (nSPS) is 12.6. The molecule has 1 N–H and O–H groups in total. The van der Waals surface area contributed by atoms with E-state index in [0.29, 0.717) is 6.61 Å². The summed E-state index contributed by atoms with van der Waals surface area (Å²) in [6.45, 7) is 3.62. The van der Waals surface area contributed by atoms with Crippen molar-refractivity contribution < 1.29 is 9.84 Å². The van der Waals surface area contributed by atoms with Crippen LogP contribution < -0.4 is 0 Å². The molecule has 1 unspecified atom stereocenters. The highest BCUT2D eigenvalue weighted by molar-refractivity contribution is 5.15. The molecule has 2 heteroatoms.